The number of rotatable bonds is 6. The average molecular weight is 421 g/mol. The van der Waals surface area contributed by atoms with Crippen molar-refractivity contribution >= 4 is 33.7 Å². The van der Waals surface area contributed by atoms with E-state index >= 15 is 0 Å². The van der Waals surface area contributed by atoms with E-state index in [-0.39, 0.29) is 34.5 Å². The van der Waals surface area contributed by atoms with Crippen LogP contribution in [0.15, 0.2) is 30.3 Å². The van der Waals surface area contributed by atoms with Gasteiger partial charge in [0.2, 0.25) is 5.78 Å². The molecule has 0 N–H and O–H groups in total. The summed E-state index contributed by atoms with van der Waals surface area (Å²) in [6.07, 6.45) is 1.05. The molecule has 4 rings (SSSR count). The number of ether oxygens (including phenoxy) is 2. The number of hydrogen-bond donors (Lipinski definition) is 0. The molecular weight excluding hydrogens is 400 g/mol. The maximum Gasteiger partial charge on any atom is 0.310 e. The van der Waals surface area contributed by atoms with Gasteiger partial charge in [0.25, 0.3) is 0 Å². The molecule has 0 aromatic heterocycles. The van der Waals surface area contributed by atoms with Crippen LogP contribution in [0.2, 0.25) is 0 Å². The molecule has 3 aliphatic rings. The SMILES string of the molecule is CCC[C@H](OC(=O)[C@@H]1[C@H]2C[C@H]3[C@H](OC(=O)[C@@H]31)[C@@H]2Br)C(=O)c1ccccc1. The van der Waals surface area contributed by atoms with Gasteiger partial charge >= 0.3 is 11.9 Å². The summed E-state index contributed by atoms with van der Waals surface area (Å²) >= 11 is 3.60. The minimum absolute atomic E-state index is 0.0119. The van der Waals surface area contributed by atoms with Crippen LogP contribution in [0.25, 0.3) is 0 Å². The first-order valence-corrected chi connectivity index (χ1v) is 10.1. The molecule has 2 aliphatic carbocycles. The number of hydrogen-bond acceptors (Lipinski definition) is 5. The average Bonchev–Trinajstić information content (AvgIpc) is 3.25. The normalized spacial score (nSPS) is 35.2. The number of halogens is 1. The van der Waals surface area contributed by atoms with E-state index in [1.165, 1.54) is 0 Å². The van der Waals surface area contributed by atoms with Gasteiger partial charge < -0.3 is 9.47 Å². The molecule has 26 heavy (non-hydrogen) atoms. The molecule has 1 saturated heterocycles. The molecule has 2 bridgehead atoms. The standard InChI is InChI=1S/C20H21BrO5/c1-2-6-13(17(22)10-7-4-3-5-8-10)25-19(23)14-11-9-12-15(14)20(24)26-18(12)16(11)21/h3-5,7-8,11-16,18H,2,6,9H2,1H3/t11-,12-,13+,14-,15+,16-,18+/m1/s1. The molecule has 3 fully saturated rings. The zero-order valence-electron chi connectivity index (χ0n) is 14.5. The molecule has 2 saturated carbocycles. The highest BCUT2D eigenvalue weighted by Gasteiger charge is 2.68. The van der Waals surface area contributed by atoms with Crippen LogP contribution in [0.3, 0.4) is 0 Å². The molecule has 7 atom stereocenters. The first-order chi connectivity index (χ1) is 12.5. The van der Waals surface area contributed by atoms with E-state index in [4.69, 9.17) is 9.47 Å². The lowest BCUT2D eigenvalue weighted by atomic mass is 9.80. The Morgan fingerprint density at radius 3 is 2.69 bits per heavy atom. The van der Waals surface area contributed by atoms with E-state index in [0.29, 0.717) is 12.0 Å². The van der Waals surface area contributed by atoms with E-state index in [0.717, 1.165) is 12.8 Å². The van der Waals surface area contributed by atoms with Crippen molar-refractivity contribution in [3.8, 4) is 0 Å². The van der Waals surface area contributed by atoms with Crippen molar-refractivity contribution in [3.05, 3.63) is 35.9 Å². The predicted octanol–water partition coefficient (Wildman–Crippen LogP) is 3.15. The van der Waals surface area contributed by atoms with Crippen LogP contribution < -0.4 is 0 Å². The smallest absolute Gasteiger partial charge is 0.310 e. The van der Waals surface area contributed by atoms with Crippen molar-refractivity contribution in [1.82, 2.24) is 0 Å². The third kappa shape index (κ3) is 2.70. The van der Waals surface area contributed by atoms with Gasteiger partial charge in [-0.05, 0) is 18.8 Å². The molecule has 138 valence electrons. The third-order valence-electron chi connectivity index (χ3n) is 5.96. The Hall–Kier alpha value is -1.69. The molecule has 1 aromatic rings. The first-order valence-electron chi connectivity index (χ1n) is 9.17. The van der Waals surface area contributed by atoms with Gasteiger partial charge in [-0.15, -0.1) is 0 Å². The Bertz CT molecular complexity index is 733. The molecule has 5 nitrogen and oxygen atoms in total. The summed E-state index contributed by atoms with van der Waals surface area (Å²) in [7, 11) is 0. The number of Topliss-reactive ketones (excluding diaryl/α,β-unsaturated/α-hetero) is 1. The number of ketones is 1. The lowest BCUT2D eigenvalue weighted by Gasteiger charge is -2.28. The summed E-state index contributed by atoms with van der Waals surface area (Å²) in [6, 6.07) is 8.87. The van der Waals surface area contributed by atoms with Crippen molar-refractivity contribution in [2.24, 2.45) is 23.7 Å². The molecule has 0 amide bonds. The second-order valence-corrected chi connectivity index (χ2v) is 8.46. The minimum atomic E-state index is -0.809. The summed E-state index contributed by atoms with van der Waals surface area (Å²) < 4.78 is 11.1. The van der Waals surface area contributed by atoms with Crippen LogP contribution in [0, 0.1) is 23.7 Å². The second kappa shape index (κ2) is 6.80. The molecular formula is C20H21BrO5. The number of benzene rings is 1. The van der Waals surface area contributed by atoms with E-state index in [9.17, 15) is 14.4 Å². The monoisotopic (exact) mass is 420 g/mol. The molecule has 1 aliphatic heterocycles. The van der Waals surface area contributed by atoms with Crippen molar-refractivity contribution in [1.29, 1.82) is 0 Å². The fraction of sp³-hybridized carbons (Fsp3) is 0.550. The van der Waals surface area contributed by atoms with Gasteiger partial charge in [-0.3, -0.25) is 14.4 Å². The Balaban J connectivity index is 1.52. The van der Waals surface area contributed by atoms with E-state index in [1.807, 2.05) is 13.0 Å². The minimum Gasteiger partial charge on any atom is -0.461 e. The third-order valence-corrected chi connectivity index (χ3v) is 7.16. The Labute approximate surface area is 160 Å². The van der Waals surface area contributed by atoms with Gasteiger partial charge in [-0.2, -0.15) is 0 Å². The number of carbonyl (C=O) groups excluding carboxylic acids is 3. The fourth-order valence-corrected chi connectivity index (χ4v) is 5.85. The topological polar surface area (TPSA) is 69.7 Å². The van der Waals surface area contributed by atoms with Crippen molar-refractivity contribution in [2.75, 3.05) is 0 Å². The predicted molar refractivity (Wildman–Crippen MR) is 96.7 cm³/mol. The summed E-state index contributed by atoms with van der Waals surface area (Å²) in [5, 5.41) is 0. The van der Waals surface area contributed by atoms with Crippen molar-refractivity contribution in [2.45, 2.75) is 43.2 Å². The molecule has 1 aromatic carbocycles. The Kier molecular flexibility index (Phi) is 4.63. The quantitative estimate of drug-likeness (QED) is 0.401. The van der Waals surface area contributed by atoms with E-state index < -0.39 is 23.9 Å². The summed E-state index contributed by atoms with van der Waals surface area (Å²) in [4.78, 5) is 37.9. The van der Waals surface area contributed by atoms with E-state index in [1.54, 1.807) is 24.3 Å². The lowest BCUT2D eigenvalue weighted by Crippen LogP contribution is -2.41. The number of fused-ring (bicyclic) bond motifs is 1. The number of alkyl halides is 1. The van der Waals surface area contributed by atoms with Crippen LogP contribution in [-0.2, 0) is 19.1 Å². The van der Waals surface area contributed by atoms with Crippen LogP contribution in [-0.4, -0.2) is 34.8 Å². The highest BCUT2D eigenvalue weighted by molar-refractivity contribution is 9.09. The first kappa shape index (κ1) is 17.7. The zero-order chi connectivity index (χ0) is 18.4. The number of carbonyl (C=O) groups is 3. The Morgan fingerprint density at radius 2 is 2.00 bits per heavy atom. The van der Waals surface area contributed by atoms with E-state index in [2.05, 4.69) is 15.9 Å². The summed E-state index contributed by atoms with van der Waals surface area (Å²) in [5.74, 6) is -1.74. The van der Waals surface area contributed by atoms with Crippen LogP contribution in [0.5, 0.6) is 0 Å². The summed E-state index contributed by atoms with van der Waals surface area (Å²) in [6.45, 7) is 1.95. The van der Waals surface area contributed by atoms with Crippen LogP contribution >= 0.6 is 15.9 Å². The second-order valence-electron chi connectivity index (χ2n) is 7.41. The van der Waals surface area contributed by atoms with Gasteiger partial charge in [0, 0.05) is 11.5 Å². The lowest BCUT2D eigenvalue weighted by molar-refractivity contribution is -0.158. The number of esters is 2. The van der Waals surface area contributed by atoms with Crippen LogP contribution in [0.4, 0.5) is 0 Å². The maximum atomic E-state index is 12.9. The highest BCUT2D eigenvalue weighted by atomic mass is 79.9. The maximum absolute atomic E-state index is 12.9. The molecule has 1 heterocycles. The van der Waals surface area contributed by atoms with Gasteiger partial charge in [0.1, 0.15) is 6.10 Å². The van der Waals surface area contributed by atoms with Gasteiger partial charge in [-0.25, -0.2) is 0 Å². The summed E-state index contributed by atoms with van der Waals surface area (Å²) in [5.41, 5.74) is 0.533. The zero-order valence-corrected chi connectivity index (χ0v) is 16.1. The molecule has 0 radical (unpaired) electrons. The Morgan fingerprint density at radius 1 is 1.27 bits per heavy atom. The van der Waals surface area contributed by atoms with Gasteiger partial charge in [0.05, 0.1) is 16.7 Å². The van der Waals surface area contributed by atoms with Crippen LogP contribution in [0.1, 0.15) is 36.5 Å². The molecule has 0 spiro atoms. The van der Waals surface area contributed by atoms with Crippen molar-refractivity contribution < 1.29 is 23.9 Å². The molecule has 6 heteroatoms. The highest BCUT2D eigenvalue weighted by Crippen LogP contribution is 2.60. The van der Waals surface area contributed by atoms with Gasteiger partial charge in [-0.1, -0.05) is 59.6 Å². The molecule has 0 unspecified atom stereocenters. The van der Waals surface area contributed by atoms with Crippen molar-refractivity contribution in [3.63, 3.8) is 0 Å². The van der Waals surface area contributed by atoms with Gasteiger partial charge in [0.15, 0.2) is 6.10 Å². The largest absolute Gasteiger partial charge is 0.461 e. The fourth-order valence-electron chi connectivity index (χ4n) is 4.81.